The molecule has 3 heteroatoms. The molecule has 0 aliphatic rings. The SMILES string of the molecule is C=C=C(OC)[C@H](O)[C@@H](Cc1ccccc1)N(Cc1ccccc1)Cc1ccccc1. The highest BCUT2D eigenvalue weighted by Gasteiger charge is 2.30. The van der Waals surface area contributed by atoms with Gasteiger partial charge in [-0.05, 0) is 23.1 Å². The fraction of sp³-hybridized carbons (Fsp3) is 0.222. The van der Waals surface area contributed by atoms with Gasteiger partial charge < -0.3 is 9.84 Å². The zero-order valence-electron chi connectivity index (χ0n) is 17.4. The van der Waals surface area contributed by atoms with E-state index < -0.39 is 6.10 Å². The van der Waals surface area contributed by atoms with Crippen molar-refractivity contribution < 1.29 is 9.84 Å². The molecule has 0 unspecified atom stereocenters. The number of aliphatic hydroxyl groups excluding tert-OH is 1. The summed E-state index contributed by atoms with van der Waals surface area (Å²) in [4.78, 5) is 2.30. The predicted octanol–water partition coefficient (Wildman–Crippen LogP) is 4.98. The molecular formula is C27H29NO2. The summed E-state index contributed by atoms with van der Waals surface area (Å²) in [6.07, 6.45) is -0.170. The Morgan fingerprint density at radius 3 is 1.67 bits per heavy atom. The second kappa shape index (κ2) is 11.2. The molecule has 0 radical (unpaired) electrons. The summed E-state index contributed by atoms with van der Waals surface area (Å²) in [7, 11) is 1.55. The van der Waals surface area contributed by atoms with Crippen molar-refractivity contribution in [2.45, 2.75) is 31.7 Å². The van der Waals surface area contributed by atoms with E-state index >= 15 is 0 Å². The van der Waals surface area contributed by atoms with Crippen molar-refractivity contribution in [3.63, 3.8) is 0 Å². The minimum atomic E-state index is -0.847. The zero-order chi connectivity index (χ0) is 21.2. The molecule has 0 saturated carbocycles. The summed E-state index contributed by atoms with van der Waals surface area (Å²) in [5, 5.41) is 11.3. The quantitative estimate of drug-likeness (QED) is 0.386. The average molecular weight is 400 g/mol. The largest absolute Gasteiger partial charge is 0.490 e. The molecule has 0 saturated heterocycles. The molecule has 0 amide bonds. The number of methoxy groups -OCH3 is 1. The minimum absolute atomic E-state index is 0.211. The van der Waals surface area contributed by atoms with Gasteiger partial charge in [0.05, 0.1) is 7.11 Å². The highest BCUT2D eigenvalue weighted by molar-refractivity contribution is 5.21. The summed E-state index contributed by atoms with van der Waals surface area (Å²) in [6.45, 7) is 5.12. The fourth-order valence-corrected chi connectivity index (χ4v) is 3.69. The van der Waals surface area contributed by atoms with Gasteiger partial charge in [0, 0.05) is 19.1 Å². The lowest BCUT2D eigenvalue weighted by molar-refractivity contribution is 0.0286. The molecule has 1 N–H and O–H groups in total. The Labute approximate surface area is 179 Å². The van der Waals surface area contributed by atoms with Gasteiger partial charge in [0.15, 0.2) is 5.76 Å². The van der Waals surface area contributed by atoms with Crippen LogP contribution in [0.25, 0.3) is 0 Å². The van der Waals surface area contributed by atoms with Crippen molar-refractivity contribution in [3.8, 4) is 0 Å². The Hall–Kier alpha value is -3.10. The molecular weight excluding hydrogens is 370 g/mol. The van der Waals surface area contributed by atoms with Crippen LogP contribution in [0.5, 0.6) is 0 Å². The third-order valence-corrected chi connectivity index (χ3v) is 5.24. The molecule has 3 aromatic carbocycles. The first-order chi connectivity index (χ1) is 14.7. The van der Waals surface area contributed by atoms with E-state index in [2.05, 4.69) is 53.6 Å². The molecule has 0 heterocycles. The number of benzene rings is 3. The Balaban J connectivity index is 1.97. The van der Waals surface area contributed by atoms with Crippen LogP contribution in [0.15, 0.2) is 109 Å². The highest BCUT2D eigenvalue weighted by Crippen LogP contribution is 2.22. The highest BCUT2D eigenvalue weighted by atomic mass is 16.5. The number of ether oxygens (including phenoxy) is 1. The zero-order valence-corrected chi connectivity index (χ0v) is 17.4. The van der Waals surface area contributed by atoms with Crippen molar-refractivity contribution >= 4 is 0 Å². The summed E-state index contributed by atoms with van der Waals surface area (Å²) in [6, 6.07) is 30.7. The van der Waals surface area contributed by atoms with Crippen LogP contribution >= 0.6 is 0 Å². The van der Waals surface area contributed by atoms with Gasteiger partial charge >= 0.3 is 0 Å². The van der Waals surface area contributed by atoms with Crippen molar-refractivity contribution in [1.82, 2.24) is 4.90 Å². The van der Waals surface area contributed by atoms with Gasteiger partial charge in [0.25, 0.3) is 0 Å². The fourth-order valence-electron chi connectivity index (χ4n) is 3.69. The van der Waals surface area contributed by atoms with Crippen LogP contribution in [-0.2, 0) is 24.2 Å². The maximum atomic E-state index is 11.3. The Kier molecular flexibility index (Phi) is 8.05. The Bertz CT molecular complexity index is 893. The second-order valence-corrected chi connectivity index (χ2v) is 7.32. The second-order valence-electron chi connectivity index (χ2n) is 7.32. The number of hydrogen-bond acceptors (Lipinski definition) is 3. The van der Waals surface area contributed by atoms with E-state index in [1.807, 2.05) is 54.6 Å². The average Bonchev–Trinajstić information content (AvgIpc) is 2.80. The third kappa shape index (κ3) is 5.95. The van der Waals surface area contributed by atoms with Crippen LogP contribution < -0.4 is 0 Å². The third-order valence-electron chi connectivity index (χ3n) is 5.24. The normalized spacial score (nSPS) is 12.8. The topological polar surface area (TPSA) is 32.7 Å². The van der Waals surface area contributed by atoms with Crippen LogP contribution in [0.2, 0.25) is 0 Å². The van der Waals surface area contributed by atoms with Crippen molar-refractivity contribution in [2.75, 3.05) is 7.11 Å². The van der Waals surface area contributed by atoms with Crippen LogP contribution in [0.3, 0.4) is 0 Å². The predicted molar refractivity (Wildman–Crippen MR) is 122 cm³/mol. The van der Waals surface area contributed by atoms with Gasteiger partial charge in [-0.1, -0.05) is 103 Å². The summed E-state index contributed by atoms with van der Waals surface area (Å²) in [5.74, 6) is 0.363. The Morgan fingerprint density at radius 1 is 0.833 bits per heavy atom. The molecule has 0 fully saturated rings. The van der Waals surface area contributed by atoms with E-state index in [4.69, 9.17) is 4.74 Å². The van der Waals surface area contributed by atoms with E-state index in [1.54, 1.807) is 7.11 Å². The monoisotopic (exact) mass is 399 g/mol. The molecule has 154 valence electrons. The molecule has 30 heavy (non-hydrogen) atoms. The van der Waals surface area contributed by atoms with Crippen molar-refractivity contribution in [1.29, 1.82) is 0 Å². The summed E-state index contributed by atoms with van der Waals surface area (Å²) < 4.78 is 5.40. The lowest BCUT2D eigenvalue weighted by Crippen LogP contribution is -2.45. The lowest BCUT2D eigenvalue weighted by atomic mass is 9.97. The van der Waals surface area contributed by atoms with Crippen LogP contribution in [0.1, 0.15) is 16.7 Å². The van der Waals surface area contributed by atoms with Gasteiger partial charge in [0.1, 0.15) is 6.10 Å². The molecule has 2 atom stereocenters. The van der Waals surface area contributed by atoms with Gasteiger partial charge in [-0.2, -0.15) is 0 Å². The van der Waals surface area contributed by atoms with E-state index in [1.165, 1.54) is 11.1 Å². The van der Waals surface area contributed by atoms with E-state index in [0.717, 1.165) is 5.56 Å². The van der Waals surface area contributed by atoms with E-state index in [-0.39, 0.29) is 6.04 Å². The molecule has 0 spiro atoms. The van der Waals surface area contributed by atoms with Gasteiger partial charge in [-0.25, -0.2) is 0 Å². The molecule has 0 aliphatic heterocycles. The van der Waals surface area contributed by atoms with Crippen LogP contribution in [0, 0.1) is 0 Å². The number of nitrogens with zero attached hydrogens (tertiary/aromatic N) is 1. The van der Waals surface area contributed by atoms with E-state index in [0.29, 0.717) is 25.3 Å². The number of hydrogen-bond donors (Lipinski definition) is 1. The summed E-state index contributed by atoms with van der Waals surface area (Å²) >= 11 is 0. The molecule has 0 aliphatic carbocycles. The van der Waals surface area contributed by atoms with Gasteiger partial charge in [0.2, 0.25) is 0 Å². The molecule has 0 bridgehead atoms. The maximum Gasteiger partial charge on any atom is 0.167 e. The van der Waals surface area contributed by atoms with Crippen LogP contribution in [0.4, 0.5) is 0 Å². The number of aliphatic hydroxyl groups is 1. The molecule has 3 aromatic rings. The number of rotatable bonds is 10. The maximum absolute atomic E-state index is 11.3. The van der Waals surface area contributed by atoms with Gasteiger partial charge in [-0.15, -0.1) is 0 Å². The Morgan fingerprint density at radius 2 is 1.27 bits per heavy atom. The molecule has 3 rings (SSSR count). The lowest BCUT2D eigenvalue weighted by Gasteiger charge is -2.35. The minimum Gasteiger partial charge on any atom is -0.490 e. The van der Waals surface area contributed by atoms with Crippen molar-refractivity contribution in [3.05, 3.63) is 126 Å². The molecule has 3 nitrogen and oxygen atoms in total. The van der Waals surface area contributed by atoms with Crippen LogP contribution in [-0.4, -0.2) is 29.3 Å². The first-order valence-electron chi connectivity index (χ1n) is 10.2. The summed E-state index contributed by atoms with van der Waals surface area (Å²) in [5.41, 5.74) is 6.32. The van der Waals surface area contributed by atoms with Gasteiger partial charge in [-0.3, -0.25) is 4.90 Å². The molecule has 0 aromatic heterocycles. The smallest absolute Gasteiger partial charge is 0.167 e. The first kappa shape index (κ1) is 21.6. The standard InChI is InChI=1S/C27H29NO2/c1-3-26(30-2)27(29)25(19-22-13-7-4-8-14-22)28(20-23-15-9-5-10-16-23)21-24-17-11-6-12-18-24/h4-18,25,27,29H,1,19-21H2,2H3/t25-,27-/m1/s1. The van der Waals surface area contributed by atoms with E-state index in [9.17, 15) is 5.11 Å². The first-order valence-corrected chi connectivity index (χ1v) is 10.2. The van der Waals surface area contributed by atoms with Crippen molar-refractivity contribution in [2.24, 2.45) is 0 Å².